The maximum atomic E-state index is 3.70. The summed E-state index contributed by atoms with van der Waals surface area (Å²) in [6, 6.07) is 0. The average Bonchev–Trinajstić information content (AvgIpc) is 2.63. The molecule has 1 fully saturated rings. The summed E-state index contributed by atoms with van der Waals surface area (Å²) in [6.45, 7) is 9.64. The lowest BCUT2D eigenvalue weighted by Gasteiger charge is -2.26. The Morgan fingerprint density at radius 1 is 1.35 bits per heavy atom. The zero-order valence-electron chi connectivity index (χ0n) is 11.7. The summed E-state index contributed by atoms with van der Waals surface area (Å²) in [6.07, 6.45) is 6.50. The molecule has 3 unspecified atom stereocenters. The summed E-state index contributed by atoms with van der Waals surface area (Å²) in [5.41, 5.74) is 1.59. The van der Waals surface area contributed by atoms with Crippen LogP contribution in [0.25, 0.3) is 0 Å². The molecule has 0 amide bonds. The molecule has 0 radical (unpaired) electrons. The fraction of sp³-hybridized carbons (Fsp3) is 0.867. The summed E-state index contributed by atoms with van der Waals surface area (Å²) >= 11 is 0. The largest absolute Gasteiger partial charge is 0.316 e. The van der Waals surface area contributed by atoms with Crippen molar-refractivity contribution in [3.63, 3.8) is 0 Å². The van der Waals surface area contributed by atoms with E-state index >= 15 is 0 Å². The summed E-state index contributed by atoms with van der Waals surface area (Å²) in [4.78, 5) is 2.45. The minimum Gasteiger partial charge on any atom is -0.316 e. The van der Waals surface area contributed by atoms with Gasteiger partial charge in [0.25, 0.3) is 0 Å². The van der Waals surface area contributed by atoms with Crippen molar-refractivity contribution in [2.24, 2.45) is 17.8 Å². The van der Waals surface area contributed by atoms with Crippen LogP contribution in [-0.2, 0) is 0 Å². The highest BCUT2D eigenvalue weighted by Crippen LogP contribution is 2.27. The van der Waals surface area contributed by atoms with Gasteiger partial charge in [0.05, 0.1) is 0 Å². The fourth-order valence-corrected chi connectivity index (χ4v) is 3.53. The SMILES string of the molecule is CC1=CC(C)CC(CNCC2CCN(C)C2)C1. The maximum absolute atomic E-state index is 3.70. The van der Waals surface area contributed by atoms with Crippen LogP contribution in [0.2, 0.25) is 0 Å². The lowest BCUT2D eigenvalue weighted by molar-refractivity contribution is 0.355. The van der Waals surface area contributed by atoms with Gasteiger partial charge in [-0.2, -0.15) is 0 Å². The summed E-state index contributed by atoms with van der Waals surface area (Å²) in [5.74, 6) is 2.54. The first-order valence-corrected chi connectivity index (χ1v) is 7.20. The normalized spacial score (nSPS) is 35.0. The zero-order chi connectivity index (χ0) is 12.3. The van der Waals surface area contributed by atoms with Crippen LogP contribution in [0.4, 0.5) is 0 Å². The highest BCUT2D eigenvalue weighted by atomic mass is 15.1. The molecule has 1 aliphatic heterocycles. The first-order chi connectivity index (χ1) is 8.13. The molecule has 0 aromatic carbocycles. The van der Waals surface area contributed by atoms with E-state index in [2.05, 4.69) is 37.2 Å². The predicted molar refractivity (Wildman–Crippen MR) is 74.1 cm³/mol. The molecule has 2 nitrogen and oxygen atoms in total. The van der Waals surface area contributed by atoms with Crippen molar-refractivity contribution in [2.75, 3.05) is 33.2 Å². The Kier molecular flexibility index (Phi) is 4.63. The van der Waals surface area contributed by atoms with Crippen molar-refractivity contribution in [1.82, 2.24) is 10.2 Å². The van der Waals surface area contributed by atoms with E-state index in [0.29, 0.717) is 0 Å². The van der Waals surface area contributed by atoms with Crippen molar-refractivity contribution in [3.8, 4) is 0 Å². The Bertz CT molecular complexity index is 272. The molecule has 2 heteroatoms. The Balaban J connectivity index is 1.64. The number of hydrogen-bond donors (Lipinski definition) is 1. The first-order valence-electron chi connectivity index (χ1n) is 7.20. The van der Waals surface area contributed by atoms with E-state index in [9.17, 15) is 0 Å². The molecular formula is C15H28N2. The van der Waals surface area contributed by atoms with Gasteiger partial charge in [-0.15, -0.1) is 0 Å². The van der Waals surface area contributed by atoms with Crippen LogP contribution in [0, 0.1) is 17.8 Å². The van der Waals surface area contributed by atoms with Gasteiger partial charge in [-0.25, -0.2) is 0 Å². The molecule has 0 aromatic rings. The minimum atomic E-state index is 0.785. The van der Waals surface area contributed by atoms with E-state index in [0.717, 1.165) is 17.8 Å². The van der Waals surface area contributed by atoms with Crippen molar-refractivity contribution in [1.29, 1.82) is 0 Å². The van der Waals surface area contributed by atoms with Gasteiger partial charge >= 0.3 is 0 Å². The second-order valence-corrected chi connectivity index (χ2v) is 6.37. The van der Waals surface area contributed by atoms with Crippen LogP contribution in [0.15, 0.2) is 11.6 Å². The van der Waals surface area contributed by atoms with E-state index in [1.54, 1.807) is 5.57 Å². The second-order valence-electron chi connectivity index (χ2n) is 6.37. The Morgan fingerprint density at radius 3 is 2.76 bits per heavy atom. The maximum Gasteiger partial charge on any atom is 0.00192 e. The van der Waals surface area contributed by atoms with E-state index in [1.807, 2.05) is 0 Å². The monoisotopic (exact) mass is 236 g/mol. The topological polar surface area (TPSA) is 15.3 Å². The lowest BCUT2D eigenvalue weighted by Crippen LogP contribution is -2.31. The van der Waals surface area contributed by atoms with E-state index < -0.39 is 0 Å². The van der Waals surface area contributed by atoms with Crippen LogP contribution >= 0.6 is 0 Å². The summed E-state index contributed by atoms with van der Waals surface area (Å²) in [5, 5.41) is 3.70. The second kappa shape index (κ2) is 6.01. The third kappa shape index (κ3) is 4.11. The van der Waals surface area contributed by atoms with E-state index in [1.165, 1.54) is 45.4 Å². The number of likely N-dealkylation sites (tertiary alicyclic amines) is 1. The number of rotatable bonds is 4. The Labute approximate surface area is 106 Å². The quantitative estimate of drug-likeness (QED) is 0.755. The molecule has 2 rings (SSSR count). The van der Waals surface area contributed by atoms with Gasteiger partial charge in [0.1, 0.15) is 0 Å². The molecule has 98 valence electrons. The number of nitrogens with one attached hydrogen (secondary N) is 1. The number of allylic oxidation sites excluding steroid dienone is 2. The highest BCUT2D eigenvalue weighted by Gasteiger charge is 2.21. The molecule has 0 saturated carbocycles. The van der Waals surface area contributed by atoms with Gasteiger partial charge in [0, 0.05) is 6.54 Å². The van der Waals surface area contributed by atoms with Crippen molar-refractivity contribution < 1.29 is 0 Å². The Morgan fingerprint density at radius 2 is 2.12 bits per heavy atom. The van der Waals surface area contributed by atoms with Crippen molar-refractivity contribution in [2.45, 2.75) is 33.1 Å². The van der Waals surface area contributed by atoms with E-state index in [4.69, 9.17) is 0 Å². The standard InChI is InChI=1S/C15H28N2/c1-12-6-13(2)8-15(7-12)10-16-9-14-4-5-17(3)11-14/h6,12,14-16H,4-5,7-11H2,1-3H3. The molecular weight excluding hydrogens is 208 g/mol. The minimum absolute atomic E-state index is 0.785. The van der Waals surface area contributed by atoms with Gasteiger partial charge in [0.15, 0.2) is 0 Å². The highest BCUT2D eigenvalue weighted by molar-refractivity contribution is 5.06. The molecule has 3 atom stereocenters. The number of hydrogen-bond acceptors (Lipinski definition) is 2. The molecule has 0 aromatic heterocycles. The molecule has 0 spiro atoms. The Hall–Kier alpha value is -0.340. The van der Waals surface area contributed by atoms with Gasteiger partial charge in [-0.05, 0) is 70.6 Å². The zero-order valence-corrected chi connectivity index (χ0v) is 11.7. The molecule has 0 bridgehead atoms. The van der Waals surface area contributed by atoms with Crippen LogP contribution in [0.1, 0.15) is 33.1 Å². The molecule has 1 heterocycles. The van der Waals surface area contributed by atoms with Crippen molar-refractivity contribution in [3.05, 3.63) is 11.6 Å². The molecule has 1 N–H and O–H groups in total. The van der Waals surface area contributed by atoms with Gasteiger partial charge < -0.3 is 10.2 Å². The molecule has 2 aliphatic rings. The molecule has 17 heavy (non-hydrogen) atoms. The summed E-state index contributed by atoms with van der Waals surface area (Å²) < 4.78 is 0. The van der Waals surface area contributed by atoms with E-state index in [-0.39, 0.29) is 0 Å². The fourth-order valence-electron chi connectivity index (χ4n) is 3.53. The lowest BCUT2D eigenvalue weighted by atomic mass is 9.83. The third-order valence-electron chi connectivity index (χ3n) is 4.24. The molecule has 1 saturated heterocycles. The van der Waals surface area contributed by atoms with Crippen LogP contribution in [0.3, 0.4) is 0 Å². The van der Waals surface area contributed by atoms with Crippen molar-refractivity contribution >= 4 is 0 Å². The van der Waals surface area contributed by atoms with Crippen LogP contribution in [-0.4, -0.2) is 38.1 Å². The first kappa shape index (κ1) is 13.1. The summed E-state index contributed by atoms with van der Waals surface area (Å²) in [7, 11) is 2.23. The smallest absolute Gasteiger partial charge is 0.00192 e. The average molecular weight is 236 g/mol. The molecule has 1 aliphatic carbocycles. The van der Waals surface area contributed by atoms with Crippen LogP contribution < -0.4 is 5.32 Å². The number of nitrogens with zero attached hydrogens (tertiary/aromatic N) is 1. The van der Waals surface area contributed by atoms with Gasteiger partial charge in [-0.1, -0.05) is 18.6 Å². The van der Waals surface area contributed by atoms with Crippen LogP contribution in [0.5, 0.6) is 0 Å². The predicted octanol–water partition coefficient (Wildman–Crippen LogP) is 2.52. The van der Waals surface area contributed by atoms with Gasteiger partial charge in [-0.3, -0.25) is 0 Å². The van der Waals surface area contributed by atoms with Gasteiger partial charge in [0.2, 0.25) is 0 Å². The third-order valence-corrected chi connectivity index (χ3v) is 4.24.